The molecule has 0 saturated carbocycles. The van der Waals surface area contributed by atoms with Gasteiger partial charge in [-0.15, -0.1) is 0 Å². The van der Waals surface area contributed by atoms with Gasteiger partial charge < -0.3 is 5.32 Å². The van der Waals surface area contributed by atoms with Crippen molar-refractivity contribution in [3.63, 3.8) is 0 Å². The van der Waals surface area contributed by atoms with Gasteiger partial charge in [0.05, 0.1) is 28.5 Å². The zero-order valence-corrected chi connectivity index (χ0v) is 17.0. The Balaban J connectivity index is 1.37. The van der Waals surface area contributed by atoms with E-state index in [1.165, 1.54) is 10.7 Å². The van der Waals surface area contributed by atoms with Crippen LogP contribution in [0.3, 0.4) is 0 Å². The fourth-order valence-corrected chi connectivity index (χ4v) is 3.29. The molecule has 8 nitrogen and oxygen atoms in total. The van der Waals surface area contributed by atoms with Crippen LogP contribution in [0, 0.1) is 11.3 Å². The van der Waals surface area contributed by atoms with E-state index in [0.29, 0.717) is 35.1 Å². The Hall–Kier alpha value is -4.09. The average molecular weight is 433 g/mol. The first-order valence-corrected chi connectivity index (χ1v) is 9.82. The highest BCUT2D eigenvalue weighted by molar-refractivity contribution is 6.32. The monoisotopic (exact) mass is 432 g/mol. The summed E-state index contributed by atoms with van der Waals surface area (Å²) < 4.78 is 3.01. The van der Waals surface area contributed by atoms with Crippen molar-refractivity contribution in [3.8, 4) is 23.0 Å². The standard InChI is InChI=1S/C22H17ClN6O2/c23-18-12-15(6-7-16(18)14-24)19-8-10-28(26-19)11-9-25-22(31)20-13-21(30)29(27-20)17-4-2-1-3-5-17/h1-8,10,12-13,27H,9,11H2,(H,25,31). The van der Waals surface area contributed by atoms with Crippen molar-refractivity contribution in [1.29, 1.82) is 5.26 Å². The molecule has 0 aliphatic rings. The Morgan fingerprint density at radius 1 is 1.16 bits per heavy atom. The lowest BCUT2D eigenvalue weighted by atomic mass is 10.1. The van der Waals surface area contributed by atoms with Gasteiger partial charge in [0.15, 0.2) is 0 Å². The second kappa shape index (κ2) is 8.73. The molecule has 0 fully saturated rings. The Labute approximate surface area is 182 Å². The van der Waals surface area contributed by atoms with E-state index in [1.807, 2.05) is 30.3 Å². The van der Waals surface area contributed by atoms with E-state index in [4.69, 9.17) is 16.9 Å². The average Bonchev–Trinajstić information content (AvgIpc) is 3.41. The number of carbonyl (C=O) groups excluding carboxylic acids is 1. The first kappa shape index (κ1) is 20.2. The van der Waals surface area contributed by atoms with E-state index in [9.17, 15) is 9.59 Å². The molecule has 9 heteroatoms. The van der Waals surface area contributed by atoms with Crippen LogP contribution >= 0.6 is 11.6 Å². The van der Waals surface area contributed by atoms with Gasteiger partial charge >= 0.3 is 0 Å². The van der Waals surface area contributed by atoms with Crippen molar-refractivity contribution in [2.75, 3.05) is 6.54 Å². The van der Waals surface area contributed by atoms with E-state index in [0.717, 1.165) is 5.56 Å². The molecule has 154 valence electrons. The number of aromatic nitrogens is 4. The Morgan fingerprint density at radius 3 is 2.71 bits per heavy atom. The zero-order chi connectivity index (χ0) is 21.8. The number of nitrogens with zero attached hydrogens (tertiary/aromatic N) is 4. The summed E-state index contributed by atoms with van der Waals surface area (Å²) in [5, 5.41) is 19.4. The first-order chi connectivity index (χ1) is 15.0. The van der Waals surface area contributed by atoms with Gasteiger partial charge in [0.25, 0.3) is 11.5 Å². The molecule has 2 N–H and O–H groups in total. The summed E-state index contributed by atoms with van der Waals surface area (Å²) in [5.41, 5.74) is 2.44. The normalized spacial score (nSPS) is 10.6. The second-order valence-electron chi connectivity index (χ2n) is 6.71. The molecule has 2 aromatic carbocycles. The number of hydrogen-bond donors (Lipinski definition) is 2. The van der Waals surface area contributed by atoms with Crippen LogP contribution in [0.4, 0.5) is 0 Å². The summed E-state index contributed by atoms with van der Waals surface area (Å²) in [7, 11) is 0. The predicted molar refractivity (Wildman–Crippen MR) is 116 cm³/mol. The van der Waals surface area contributed by atoms with Gasteiger partial charge in [0.2, 0.25) is 0 Å². The Morgan fingerprint density at radius 2 is 1.97 bits per heavy atom. The number of halogens is 1. The van der Waals surface area contributed by atoms with Gasteiger partial charge in [0, 0.05) is 24.4 Å². The Kier molecular flexibility index (Phi) is 5.69. The maximum atomic E-state index is 12.4. The molecule has 31 heavy (non-hydrogen) atoms. The van der Waals surface area contributed by atoms with E-state index in [2.05, 4.69) is 15.5 Å². The molecule has 0 spiro atoms. The largest absolute Gasteiger partial charge is 0.349 e. The van der Waals surface area contributed by atoms with Crippen LogP contribution in [0.1, 0.15) is 16.1 Å². The molecule has 0 atom stereocenters. The third kappa shape index (κ3) is 4.42. The summed E-state index contributed by atoms with van der Waals surface area (Å²) in [5.74, 6) is -0.377. The highest BCUT2D eigenvalue weighted by Crippen LogP contribution is 2.24. The summed E-state index contributed by atoms with van der Waals surface area (Å²) in [6.07, 6.45) is 1.79. The molecule has 0 saturated heterocycles. The highest BCUT2D eigenvalue weighted by Gasteiger charge is 2.12. The van der Waals surface area contributed by atoms with Crippen molar-refractivity contribution < 1.29 is 4.79 Å². The van der Waals surface area contributed by atoms with Crippen LogP contribution in [-0.4, -0.2) is 32.0 Å². The third-order valence-corrected chi connectivity index (χ3v) is 4.94. The molecule has 2 heterocycles. The smallest absolute Gasteiger partial charge is 0.271 e. The maximum absolute atomic E-state index is 12.4. The Bertz CT molecular complexity index is 1330. The molecule has 0 bridgehead atoms. The minimum Gasteiger partial charge on any atom is -0.349 e. The lowest BCUT2D eigenvalue weighted by Gasteiger charge is -2.05. The van der Waals surface area contributed by atoms with Gasteiger partial charge in [-0.3, -0.25) is 19.4 Å². The minimum absolute atomic E-state index is 0.183. The van der Waals surface area contributed by atoms with Gasteiger partial charge in [-0.2, -0.15) is 10.4 Å². The lowest BCUT2D eigenvalue weighted by molar-refractivity contribution is 0.0946. The number of para-hydroxylation sites is 1. The van der Waals surface area contributed by atoms with Crippen molar-refractivity contribution in [3.05, 3.63) is 93.5 Å². The van der Waals surface area contributed by atoms with Crippen molar-refractivity contribution >= 4 is 17.5 Å². The number of aromatic amines is 1. The van der Waals surface area contributed by atoms with Crippen LogP contribution in [0.25, 0.3) is 16.9 Å². The van der Waals surface area contributed by atoms with Crippen molar-refractivity contribution in [2.24, 2.45) is 0 Å². The van der Waals surface area contributed by atoms with Crippen molar-refractivity contribution in [2.45, 2.75) is 6.54 Å². The minimum atomic E-state index is -0.377. The highest BCUT2D eigenvalue weighted by atomic mass is 35.5. The van der Waals surface area contributed by atoms with Crippen LogP contribution in [0.5, 0.6) is 0 Å². The van der Waals surface area contributed by atoms with Gasteiger partial charge in [-0.1, -0.05) is 35.9 Å². The van der Waals surface area contributed by atoms with E-state index in [-0.39, 0.29) is 17.2 Å². The molecule has 0 aliphatic carbocycles. The first-order valence-electron chi connectivity index (χ1n) is 9.44. The molecule has 0 aliphatic heterocycles. The maximum Gasteiger partial charge on any atom is 0.271 e. The van der Waals surface area contributed by atoms with Crippen LogP contribution < -0.4 is 10.9 Å². The topological polar surface area (TPSA) is 108 Å². The summed E-state index contributed by atoms with van der Waals surface area (Å²) in [6.45, 7) is 0.770. The third-order valence-electron chi connectivity index (χ3n) is 4.63. The lowest BCUT2D eigenvalue weighted by Crippen LogP contribution is -2.27. The quantitative estimate of drug-likeness (QED) is 0.488. The molecular weight excluding hydrogens is 416 g/mol. The molecule has 0 radical (unpaired) electrons. The van der Waals surface area contributed by atoms with Crippen LogP contribution in [-0.2, 0) is 6.54 Å². The number of amides is 1. The van der Waals surface area contributed by atoms with E-state index in [1.54, 1.807) is 41.2 Å². The van der Waals surface area contributed by atoms with Gasteiger partial charge in [0.1, 0.15) is 11.8 Å². The molecular formula is C22H17ClN6O2. The molecule has 1 amide bonds. The zero-order valence-electron chi connectivity index (χ0n) is 16.2. The fourth-order valence-electron chi connectivity index (χ4n) is 3.07. The van der Waals surface area contributed by atoms with Crippen LogP contribution in [0.15, 0.2) is 71.7 Å². The second-order valence-corrected chi connectivity index (χ2v) is 7.11. The van der Waals surface area contributed by atoms with Crippen molar-refractivity contribution in [1.82, 2.24) is 24.9 Å². The summed E-state index contributed by atoms with van der Waals surface area (Å²) >= 11 is 6.08. The number of carbonyl (C=O) groups is 1. The number of rotatable bonds is 6. The van der Waals surface area contributed by atoms with Gasteiger partial charge in [-0.05, 0) is 30.3 Å². The number of nitrogens with one attached hydrogen (secondary N) is 2. The SMILES string of the molecule is N#Cc1ccc(-c2ccn(CCNC(=O)c3cc(=O)n(-c4ccccc4)[nH]3)n2)cc1Cl. The molecule has 4 rings (SSSR count). The number of benzene rings is 2. The van der Waals surface area contributed by atoms with Gasteiger partial charge in [-0.25, -0.2) is 4.68 Å². The number of nitriles is 1. The molecule has 0 unspecified atom stereocenters. The predicted octanol–water partition coefficient (Wildman–Crippen LogP) is 2.98. The van der Waals surface area contributed by atoms with E-state index < -0.39 is 0 Å². The molecule has 2 aromatic heterocycles. The fraction of sp³-hybridized carbons (Fsp3) is 0.0909. The number of H-pyrrole nitrogens is 1. The number of hydrogen-bond acceptors (Lipinski definition) is 4. The molecule has 4 aromatic rings. The summed E-state index contributed by atoms with van der Waals surface area (Å²) in [4.78, 5) is 24.5. The summed E-state index contributed by atoms with van der Waals surface area (Å²) in [6, 6.07) is 19.3. The van der Waals surface area contributed by atoms with E-state index >= 15 is 0 Å². The van der Waals surface area contributed by atoms with Crippen LogP contribution in [0.2, 0.25) is 5.02 Å².